The Kier molecular flexibility index (Phi) is 7.01. The molecule has 3 nitrogen and oxygen atoms in total. The molecule has 0 spiro atoms. The van der Waals surface area contributed by atoms with Gasteiger partial charge in [0.15, 0.2) is 0 Å². The Labute approximate surface area is 100 Å². The summed E-state index contributed by atoms with van der Waals surface area (Å²) in [6.45, 7) is 9.68. The van der Waals surface area contributed by atoms with Crippen LogP contribution in [0.5, 0.6) is 0 Å². The quantitative estimate of drug-likeness (QED) is 0.723. The van der Waals surface area contributed by atoms with E-state index >= 15 is 0 Å². The van der Waals surface area contributed by atoms with E-state index in [1.807, 2.05) is 0 Å². The summed E-state index contributed by atoms with van der Waals surface area (Å²) in [5, 5.41) is 0. The van der Waals surface area contributed by atoms with Crippen LogP contribution in [0.3, 0.4) is 0 Å². The van der Waals surface area contributed by atoms with E-state index in [0.29, 0.717) is 6.10 Å². The van der Waals surface area contributed by atoms with E-state index in [0.717, 1.165) is 38.6 Å². The summed E-state index contributed by atoms with van der Waals surface area (Å²) < 4.78 is 5.80. The minimum atomic E-state index is 0.463. The van der Waals surface area contributed by atoms with E-state index < -0.39 is 0 Å². The molecule has 3 heteroatoms. The number of nitrogens with zero attached hydrogens (tertiary/aromatic N) is 1. The van der Waals surface area contributed by atoms with Crippen LogP contribution in [0.2, 0.25) is 0 Å². The fourth-order valence-corrected chi connectivity index (χ4v) is 2.33. The molecule has 0 aromatic heterocycles. The third kappa shape index (κ3) is 5.83. The van der Waals surface area contributed by atoms with Crippen molar-refractivity contribution in [3.05, 3.63) is 0 Å². The van der Waals surface area contributed by atoms with Gasteiger partial charge in [-0.1, -0.05) is 13.8 Å². The largest absolute Gasteiger partial charge is 0.377 e. The van der Waals surface area contributed by atoms with Gasteiger partial charge in [0.2, 0.25) is 0 Å². The van der Waals surface area contributed by atoms with E-state index in [1.54, 1.807) is 0 Å². The highest BCUT2D eigenvalue weighted by Gasteiger charge is 2.17. The Morgan fingerprint density at radius 3 is 2.75 bits per heavy atom. The lowest BCUT2D eigenvalue weighted by Gasteiger charge is -2.30. The molecule has 1 atom stereocenters. The van der Waals surface area contributed by atoms with Gasteiger partial charge in [0.25, 0.3) is 0 Å². The van der Waals surface area contributed by atoms with Gasteiger partial charge < -0.3 is 15.4 Å². The number of hydrogen-bond acceptors (Lipinski definition) is 3. The van der Waals surface area contributed by atoms with Crippen molar-refractivity contribution in [1.82, 2.24) is 4.90 Å². The summed E-state index contributed by atoms with van der Waals surface area (Å²) in [4.78, 5) is 2.52. The molecule has 1 unspecified atom stereocenters. The number of nitrogens with two attached hydrogens (primary N) is 1. The predicted octanol–water partition coefficient (Wildman–Crippen LogP) is 1.86. The van der Waals surface area contributed by atoms with Crippen molar-refractivity contribution in [2.45, 2.75) is 45.6 Å². The number of hydrogen-bond donors (Lipinski definition) is 1. The van der Waals surface area contributed by atoms with Crippen LogP contribution in [0.1, 0.15) is 39.5 Å². The molecule has 1 heterocycles. The standard InChI is InChI=1S/C13H28N2O/c1-12(2)10-15(8-5-7-14)11-13-6-3-4-9-16-13/h12-13H,3-11,14H2,1-2H3. The summed E-state index contributed by atoms with van der Waals surface area (Å²) in [7, 11) is 0. The minimum Gasteiger partial charge on any atom is -0.377 e. The normalized spacial score (nSPS) is 21.9. The average Bonchev–Trinajstić information content (AvgIpc) is 2.26. The highest BCUT2D eigenvalue weighted by molar-refractivity contribution is 4.70. The molecule has 0 bridgehead atoms. The van der Waals surface area contributed by atoms with Crippen LogP contribution in [-0.4, -0.2) is 43.8 Å². The Morgan fingerprint density at radius 1 is 1.38 bits per heavy atom. The molecular formula is C13H28N2O. The zero-order valence-electron chi connectivity index (χ0n) is 11.0. The van der Waals surface area contributed by atoms with Crippen molar-refractivity contribution in [2.75, 3.05) is 32.8 Å². The molecular weight excluding hydrogens is 200 g/mol. The van der Waals surface area contributed by atoms with E-state index in [4.69, 9.17) is 10.5 Å². The first-order valence-corrected chi connectivity index (χ1v) is 6.76. The van der Waals surface area contributed by atoms with E-state index in [1.165, 1.54) is 25.8 Å². The second-order valence-corrected chi connectivity index (χ2v) is 5.28. The van der Waals surface area contributed by atoms with Gasteiger partial charge >= 0.3 is 0 Å². The highest BCUT2D eigenvalue weighted by atomic mass is 16.5. The fourth-order valence-electron chi connectivity index (χ4n) is 2.33. The number of rotatable bonds is 7. The lowest BCUT2D eigenvalue weighted by molar-refractivity contribution is -0.00750. The molecule has 16 heavy (non-hydrogen) atoms. The maximum atomic E-state index is 5.80. The van der Waals surface area contributed by atoms with Crippen LogP contribution in [0.25, 0.3) is 0 Å². The third-order valence-electron chi connectivity index (χ3n) is 3.04. The first-order chi connectivity index (χ1) is 7.72. The summed E-state index contributed by atoms with van der Waals surface area (Å²) in [5.74, 6) is 0.723. The van der Waals surface area contributed by atoms with Crippen LogP contribution >= 0.6 is 0 Å². The van der Waals surface area contributed by atoms with Crippen LogP contribution in [0.15, 0.2) is 0 Å². The van der Waals surface area contributed by atoms with Crippen LogP contribution < -0.4 is 5.73 Å². The lowest BCUT2D eigenvalue weighted by atomic mass is 10.1. The third-order valence-corrected chi connectivity index (χ3v) is 3.04. The van der Waals surface area contributed by atoms with Crippen molar-refractivity contribution in [2.24, 2.45) is 11.7 Å². The van der Waals surface area contributed by atoms with Gasteiger partial charge in [-0.3, -0.25) is 0 Å². The Bertz CT molecular complexity index is 167. The summed E-state index contributed by atoms with van der Waals surface area (Å²) >= 11 is 0. The molecule has 1 fully saturated rings. The summed E-state index contributed by atoms with van der Waals surface area (Å²) in [5.41, 5.74) is 5.58. The van der Waals surface area contributed by atoms with Gasteiger partial charge in [-0.2, -0.15) is 0 Å². The van der Waals surface area contributed by atoms with Gasteiger partial charge in [-0.25, -0.2) is 0 Å². The zero-order valence-corrected chi connectivity index (χ0v) is 11.0. The van der Waals surface area contributed by atoms with E-state index in [2.05, 4.69) is 18.7 Å². The molecule has 0 aromatic carbocycles. The first kappa shape index (κ1) is 13.9. The second kappa shape index (κ2) is 8.04. The predicted molar refractivity (Wildman–Crippen MR) is 68.5 cm³/mol. The topological polar surface area (TPSA) is 38.5 Å². The van der Waals surface area contributed by atoms with Crippen molar-refractivity contribution < 1.29 is 4.74 Å². The molecule has 0 aromatic rings. The Balaban J connectivity index is 2.28. The van der Waals surface area contributed by atoms with Gasteiger partial charge in [0, 0.05) is 19.7 Å². The monoisotopic (exact) mass is 228 g/mol. The molecule has 2 N–H and O–H groups in total. The zero-order chi connectivity index (χ0) is 11.8. The van der Waals surface area contributed by atoms with Gasteiger partial charge in [0.1, 0.15) is 0 Å². The lowest BCUT2D eigenvalue weighted by Crippen LogP contribution is -2.38. The molecule has 96 valence electrons. The van der Waals surface area contributed by atoms with Crippen molar-refractivity contribution in [3.63, 3.8) is 0 Å². The SMILES string of the molecule is CC(C)CN(CCCN)CC1CCCCO1. The van der Waals surface area contributed by atoms with Gasteiger partial charge in [-0.15, -0.1) is 0 Å². The highest BCUT2D eigenvalue weighted by Crippen LogP contribution is 2.14. The van der Waals surface area contributed by atoms with Crippen LogP contribution in [0.4, 0.5) is 0 Å². The summed E-state index contributed by atoms with van der Waals surface area (Å²) in [6, 6.07) is 0. The molecule has 1 aliphatic heterocycles. The molecule has 1 rings (SSSR count). The molecule has 1 saturated heterocycles. The van der Waals surface area contributed by atoms with E-state index in [-0.39, 0.29) is 0 Å². The van der Waals surface area contributed by atoms with Gasteiger partial charge in [-0.05, 0) is 44.7 Å². The molecule has 0 radical (unpaired) electrons. The van der Waals surface area contributed by atoms with Crippen molar-refractivity contribution >= 4 is 0 Å². The maximum Gasteiger partial charge on any atom is 0.0702 e. The fraction of sp³-hybridized carbons (Fsp3) is 1.00. The molecule has 0 saturated carbocycles. The Morgan fingerprint density at radius 2 is 2.19 bits per heavy atom. The number of ether oxygens (including phenoxy) is 1. The summed E-state index contributed by atoms with van der Waals surface area (Å²) in [6.07, 6.45) is 5.36. The van der Waals surface area contributed by atoms with Crippen molar-refractivity contribution in [1.29, 1.82) is 0 Å². The smallest absolute Gasteiger partial charge is 0.0702 e. The minimum absolute atomic E-state index is 0.463. The Hall–Kier alpha value is -0.120. The molecule has 0 aliphatic carbocycles. The van der Waals surface area contributed by atoms with E-state index in [9.17, 15) is 0 Å². The first-order valence-electron chi connectivity index (χ1n) is 6.76. The van der Waals surface area contributed by atoms with Crippen LogP contribution in [-0.2, 0) is 4.74 Å². The maximum absolute atomic E-state index is 5.80. The van der Waals surface area contributed by atoms with Crippen LogP contribution in [0, 0.1) is 5.92 Å². The van der Waals surface area contributed by atoms with Crippen molar-refractivity contribution in [3.8, 4) is 0 Å². The molecule has 1 aliphatic rings. The average molecular weight is 228 g/mol. The van der Waals surface area contributed by atoms with Gasteiger partial charge in [0.05, 0.1) is 6.10 Å². The second-order valence-electron chi connectivity index (χ2n) is 5.28. The molecule has 0 amide bonds.